The first kappa shape index (κ1) is 17.9. The number of ether oxygens (including phenoxy) is 1. The Kier molecular flexibility index (Phi) is 5.05. The summed E-state index contributed by atoms with van der Waals surface area (Å²) in [7, 11) is 1.58. The van der Waals surface area contributed by atoms with Gasteiger partial charge in [0.05, 0.1) is 28.5 Å². The van der Waals surface area contributed by atoms with Gasteiger partial charge in [-0.05, 0) is 41.8 Å². The van der Waals surface area contributed by atoms with E-state index < -0.39 is 0 Å². The Balaban J connectivity index is 1.82. The summed E-state index contributed by atoms with van der Waals surface area (Å²) in [6.45, 7) is 0.581. The van der Waals surface area contributed by atoms with Crippen LogP contribution in [0.25, 0.3) is 31.6 Å². The molecule has 0 saturated carbocycles. The number of aromatic amines is 1. The minimum atomic E-state index is -0.154. The molecule has 2 aromatic carbocycles. The van der Waals surface area contributed by atoms with Crippen LogP contribution in [0.4, 0.5) is 0 Å². The van der Waals surface area contributed by atoms with E-state index in [1.165, 1.54) is 10.1 Å². The number of thiol groups is 1. The zero-order valence-corrected chi connectivity index (χ0v) is 16.5. The van der Waals surface area contributed by atoms with Gasteiger partial charge in [-0.1, -0.05) is 18.2 Å². The number of nitrogens with zero attached hydrogens (tertiary/aromatic N) is 1. The van der Waals surface area contributed by atoms with Crippen LogP contribution in [0, 0.1) is 0 Å². The number of nitrogens with one attached hydrogen (secondary N) is 2. The van der Waals surface area contributed by atoms with Crippen LogP contribution in [0.2, 0.25) is 0 Å². The predicted molar refractivity (Wildman–Crippen MR) is 114 cm³/mol. The van der Waals surface area contributed by atoms with E-state index >= 15 is 0 Å². The van der Waals surface area contributed by atoms with Gasteiger partial charge in [-0.3, -0.25) is 9.89 Å². The monoisotopic (exact) mass is 397 g/mol. The summed E-state index contributed by atoms with van der Waals surface area (Å²) in [4.78, 5) is 13.6. The largest absolute Gasteiger partial charge is 0.495 e. The zero-order valence-electron chi connectivity index (χ0n) is 14.8. The number of carbonyl (C=O) groups excluding carboxylic acids is 1. The normalized spacial score (nSPS) is 11.2. The van der Waals surface area contributed by atoms with E-state index in [9.17, 15) is 4.79 Å². The highest BCUT2D eigenvalue weighted by molar-refractivity contribution is 7.80. The second kappa shape index (κ2) is 7.62. The molecule has 2 N–H and O–H groups in total. The summed E-state index contributed by atoms with van der Waals surface area (Å²) in [6.07, 6.45) is 0.818. The molecule has 0 aliphatic rings. The number of thiophene rings is 1. The number of fused-ring (bicyclic) bond motifs is 2. The molecule has 0 aliphatic carbocycles. The Morgan fingerprint density at radius 2 is 2.15 bits per heavy atom. The van der Waals surface area contributed by atoms with Crippen molar-refractivity contribution in [1.29, 1.82) is 0 Å². The van der Waals surface area contributed by atoms with Crippen molar-refractivity contribution >= 4 is 50.9 Å². The lowest BCUT2D eigenvalue weighted by Gasteiger charge is -2.10. The molecule has 0 fully saturated rings. The number of aromatic nitrogens is 2. The smallest absolute Gasteiger partial charge is 0.255 e. The maximum absolute atomic E-state index is 12.6. The van der Waals surface area contributed by atoms with E-state index in [4.69, 9.17) is 4.74 Å². The van der Waals surface area contributed by atoms with Crippen LogP contribution in [0.3, 0.4) is 0 Å². The lowest BCUT2D eigenvalue weighted by atomic mass is 10.1. The summed E-state index contributed by atoms with van der Waals surface area (Å²) < 4.78 is 6.85. The molecular weight excluding hydrogens is 378 g/mol. The van der Waals surface area contributed by atoms with E-state index in [1.807, 2.05) is 18.2 Å². The van der Waals surface area contributed by atoms with E-state index in [2.05, 4.69) is 46.3 Å². The van der Waals surface area contributed by atoms with Gasteiger partial charge in [0.15, 0.2) is 0 Å². The second-order valence-electron chi connectivity index (χ2n) is 6.12. The summed E-state index contributed by atoms with van der Waals surface area (Å²) in [5.41, 5.74) is 2.15. The molecule has 0 saturated heterocycles. The molecule has 4 aromatic rings. The molecule has 0 spiro atoms. The van der Waals surface area contributed by atoms with Crippen LogP contribution in [0.15, 0.2) is 42.5 Å². The molecule has 1 amide bonds. The van der Waals surface area contributed by atoms with E-state index in [1.54, 1.807) is 24.5 Å². The minimum Gasteiger partial charge on any atom is -0.495 e. The van der Waals surface area contributed by atoms with Gasteiger partial charge < -0.3 is 10.1 Å². The number of carbonyl (C=O) groups is 1. The lowest BCUT2D eigenvalue weighted by Crippen LogP contribution is -2.25. The van der Waals surface area contributed by atoms with Crippen molar-refractivity contribution in [3.63, 3.8) is 0 Å². The molecule has 138 valence electrons. The first-order valence-electron chi connectivity index (χ1n) is 8.66. The molecule has 0 radical (unpaired) electrons. The van der Waals surface area contributed by atoms with E-state index in [0.717, 1.165) is 33.6 Å². The first-order chi connectivity index (χ1) is 13.2. The third-order valence-electron chi connectivity index (χ3n) is 4.41. The van der Waals surface area contributed by atoms with Crippen LogP contribution in [0.5, 0.6) is 5.75 Å². The van der Waals surface area contributed by atoms with Gasteiger partial charge in [0, 0.05) is 11.2 Å². The Morgan fingerprint density at radius 3 is 2.93 bits per heavy atom. The van der Waals surface area contributed by atoms with Gasteiger partial charge in [-0.2, -0.15) is 17.7 Å². The van der Waals surface area contributed by atoms with E-state index in [-0.39, 0.29) is 5.91 Å². The number of hydrogen-bond donors (Lipinski definition) is 3. The lowest BCUT2D eigenvalue weighted by molar-refractivity contribution is 0.0951. The van der Waals surface area contributed by atoms with Crippen LogP contribution in [-0.4, -0.2) is 35.5 Å². The molecule has 2 aromatic heterocycles. The third kappa shape index (κ3) is 3.28. The zero-order chi connectivity index (χ0) is 18.8. The number of amides is 1. The Bertz CT molecular complexity index is 1080. The number of benzene rings is 2. The summed E-state index contributed by atoms with van der Waals surface area (Å²) in [6, 6.07) is 14.0. The second-order valence-corrected chi connectivity index (χ2v) is 7.65. The van der Waals surface area contributed by atoms with Crippen LogP contribution < -0.4 is 10.1 Å². The van der Waals surface area contributed by atoms with Crippen LogP contribution in [0.1, 0.15) is 16.8 Å². The Hall–Kier alpha value is -2.51. The van der Waals surface area contributed by atoms with Crippen molar-refractivity contribution in [2.24, 2.45) is 0 Å². The molecule has 4 rings (SSSR count). The molecule has 27 heavy (non-hydrogen) atoms. The Labute approximate surface area is 166 Å². The van der Waals surface area contributed by atoms with Gasteiger partial charge >= 0.3 is 0 Å². The molecular formula is C20H19N3O2S2. The summed E-state index contributed by atoms with van der Waals surface area (Å²) >= 11 is 5.85. The fourth-order valence-corrected chi connectivity index (χ4v) is 4.34. The fraction of sp³-hybridized carbons (Fsp3) is 0.200. The molecule has 5 nitrogen and oxygen atoms in total. The molecule has 0 unspecified atom stereocenters. The third-order valence-corrected chi connectivity index (χ3v) is 5.85. The van der Waals surface area contributed by atoms with Gasteiger partial charge in [0.25, 0.3) is 5.91 Å². The van der Waals surface area contributed by atoms with Crippen molar-refractivity contribution in [2.45, 2.75) is 6.42 Å². The van der Waals surface area contributed by atoms with Crippen molar-refractivity contribution in [3.05, 3.63) is 48.0 Å². The maximum atomic E-state index is 12.6. The molecule has 7 heteroatoms. The summed E-state index contributed by atoms with van der Waals surface area (Å²) in [5.74, 6) is 1.12. The molecule has 0 atom stereocenters. The molecule has 2 heterocycles. The van der Waals surface area contributed by atoms with Crippen LogP contribution in [-0.2, 0) is 0 Å². The predicted octanol–water partition coefficient (Wildman–Crippen LogP) is 4.50. The maximum Gasteiger partial charge on any atom is 0.255 e. The SMILES string of the molecule is COc1c(C(=O)NCCCS)ccc2[nH]nc(-c3cc4ccccc4s3)c12. The minimum absolute atomic E-state index is 0.154. The van der Waals surface area contributed by atoms with Crippen molar-refractivity contribution < 1.29 is 9.53 Å². The van der Waals surface area contributed by atoms with Gasteiger partial charge in [0.1, 0.15) is 11.4 Å². The number of hydrogen-bond acceptors (Lipinski definition) is 5. The molecule has 0 aliphatic heterocycles. The van der Waals surface area contributed by atoms with Gasteiger partial charge in [-0.25, -0.2) is 0 Å². The number of rotatable bonds is 6. The number of methoxy groups -OCH3 is 1. The highest BCUT2D eigenvalue weighted by atomic mass is 32.1. The van der Waals surface area contributed by atoms with Gasteiger partial charge in [0.2, 0.25) is 0 Å². The van der Waals surface area contributed by atoms with Crippen LogP contribution >= 0.6 is 24.0 Å². The standard InChI is InChI=1S/C20H19N3O2S2/c1-25-19-13(20(24)21-9-4-10-26)7-8-14-17(19)18(23-22-14)16-11-12-5-2-3-6-15(12)27-16/h2-3,5-8,11,26H,4,9-10H2,1H3,(H,21,24)(H,22,23). The van der Waals surface area contributed by atoms with Crippen molar-refractivity contribution in [3.8, 4) is 16.3 Å². The number of H-pyrrole nitrogens is 1. The fourth-order valence-electron chi connectivity index (χ4n) is 3.13. The topological polar surface area (TPSA) is 67.0 Å². The van der Waals surface area contributed by atoms with E-state index in [0.29, 0.717) is 17.9 Å². The quantitative estimate of drug-likeness (QED) is 0.331. The average Bonchev–Trinajstić information content (AvgIpc) is 3.30. The van der Waals surface area contributed by atoms with Crippen molar-refractivity contribution in [1.82, 2.24) is 15.5 Å². The summed E-state index contributed by atoms with van der Waals surface area (Å²) in [5, 5.41) is 12.5. The highest BCUT2D eigenvalue weighted by Crippen LogP contribution is 2.40. The average molecular weight is 398 g/mol. The first-order valence-corrected chi connectivity index (χ1v) is 10.1. The Morgan fingerprint density at radius 1 is 1.30 bits per heavy atom. The van der Waals surface area contributed by atoms with Crippen molar-refractivity contribution in [2.75, 3.05) is 19.4 Å². The highest BCUT2D eigenvalue weighted by Gasteiger charge is 2.21. The van der Waals surface area contributed by atoms with Gasteiger partial charge in [-0.15, -0.1) is 11.3 Å². The molecule has 0 bridgehead atoms.